The monoisotopic (exact) mass is 767 g/mol. The van der Waals surface area contributed by atoms with Gasteiger partial charge in [0.1, 0.15) is 0 Å². The summed E-state index contributed by atoms with van der Waals surface area (Å²) in [4.78, 5) is 99.3. The first-order valence-corrected chi connectivity index (χ1v) is 18.7. The summed E-state index contributed by atoms with van der Waals surface area (Å²) in [6.07, 6.45) is 0. The molecule has 1 fully saturated rings. The first-order valence-electron chi connectivity index (χ1n) is 18.7. The number of nitro groups is 1. The molecule has 0 radical (unpaired) electrons. The van der Waals surface area contributed by atoms with E-state index in [1.807, 2.05) is 19.1 Å². The molecule has 5 aromatic rings. The highest BCUT2D eigenvalue weighted by Crippen LogP contribution is 2.36. The van der Waals surface area contributed by atoms with Gasteiger partial charge in [-0.2, -0.15) is 0 Å². The van der Waals surface area contributed by atoms with E-state index < -0.39 is 22.6 Å². The van der Waals surface area contributed by atoms with Crippen LogP contribution in [0.2, 0.25) is 0 Å². The molecule has 3 heterocycles. The quantitative estimate of drug-likeness (QED) is 0.0860. The van der Waals surface area contributed by atoms with Crippen molar-refractivity contribution in [2.75, 3.05) is 63.8 Å². The van der Waals surface area contributed by atoms with Crippen molar-refractivity contribution in [3.05, 3.63) is 128 Å². The van der Waals surface area contributed by atoms with Gasteiger partial charge in [-0.05, 0) is 53.7 Å². The highest BCUT2D eigenvalue weighted by Gasteiger charge is 2.37. The van der Waals surface area contributed by atoms with Gasteiger partial charge < -0.3 is 20.4 Å². The molecule has 0 unspecified atom stereocenters. The third-order valence-electron chi connectivity index (χ3n) is 10.8. The Balaban J connectivity index is 0.998. The normalized spacial score (nSPS) is 15.5. The number of nitro benzene ring substituents is 1. The molecule has 8 rings (SSSR count). The molecular weight excluding hydrogens is 731 g/mol. The van der Waals surface area contributed by atoms with Crippen LogP contribution < -0.4 is 15.5 Å². The summed E-state index contributed by atoms with van der Waals surface area (Å²) in [5, 5.41) is 19.8. The summed E-state index contributed by atoms with van der Waals surface area (Å²) in [7, 11) is 0. The van der Waals surface area contributed by atoms with E-state index in [-0.39, 0.29) is 82.9 Å². The average molecular weight is 768 g/mol. The number of carbonyl (C=O) groups is 6. The van der Waals surface area contributed by atoms with Crippen molar-refractivity contribution in [1.29, 1.82) is 0 Å². The van der Waals surface area contributed by atoms with E-state index in [9.17, 15) is 38.9 Å². The summed E-state index contributed by atoms with van der Waals surface area (Å²) in [5.41, 5.74) is 0.791. The fourth-order valence-electron chi connectivity index (χ4n) is 7.84. The molecule has 0 bridgehead atoms. The predicted octanol–water partition coefficient (Wildman–Crippen LogP) is 4.10. The molecule has 1 saturated heterocycles. The molecule has 2 N–H and O–H groups in total. The molecule has 0 spiro atoms. The topological polar surface area (TPSA) is 183 Å². The van der Waals surface area contributed by atoms with E-state index in [0.29, 0.717) is 48.1 Å². The summed E-state index contributed by atoms with van der Waals surface area (Å²) in [6, 6.07) is 22.0. The Bertz CT molecular complexity index is 2510. The van der Waals surface area contributed by atoms with Crippen LogP contribution >= 0.6 is 0 Å². The first-order chi connectivity index (χ1) is 27.5. The molecule has 15 heteroatoms. The van der Waals surface area contributed by atoms with Gasteiger partial charge in [0, 0.05) is 103 Å². The number of nitrogens with zero attached hydrogens (tertiary/aromatic N) is 5. The van der Waals surface area contributed by atoms with Crippen molar-refractivity contribution < 1.29 is 33.7 Å². The predicted molar refractivity (Wildman–Crippen MR) is 211 cm³/mol. The smallest absolute Gasteiger partial charge is 0.270 e. The van der Waals surface area contributed by atoms with Crippen LogP contribution in [0.15, 0.2) is 84.9 Å². The second-order valence-electron chi connectivity index (χ2n) is 14.1. The second kappa shape index (κ2) is 15.0. The molecule has 57 heavy (non-hydrogen) atoms. The minimum atomic E-state index is -0.824. The molecule has 3 aliphatic rings. The fraction of sp³-hybridized carbons (Fsp3) is 0.238. The van der Waals surface area contributed by atoms with Crippen molar-refractivity contribution in [3.63, 3.8) is 0 Å². The Morgan fingerprint density at radius 1 is 0.684 bits per heavy atom. The van der Waals surface area contributed by atoms with Crippen LogP contribution in [-0.4, -0.2) is 114 Å². The van der Waals surface area contributed by atoms with Crippen LogP contribution in [0.25, 0.3) is 21.5 Å². The molecule has 0 aromatic heterocycles. The largest absolute Gasteiger partial charge is 0.351 e. The number of likely N-dealkylation sites (N-methyl/N-ethyl adjacent to an activating group) is 1. The van der Waals surface area contributed by atoms with E-state index in [1.165, 1.54) is 35.2 Å². The zero-order valence-electron chi connectivity index (χ0n) is 30.9. The highest BCUT2D eigenvalue weighted by molar-refractivity contribution is 6.36. The minimum absolute atomic E-state index is 0.0176. The molecule has 5 aromatic carbocycles. The SMILES string of the molecule is CCN1CCN(C(=O)c2cc(C(=O)NCCNCCN3C(=O)c4cccc5cccc(c45)C3=O)cc(N3C(=O)c4cccc5cc([N+](=O)[O-])cc(c45)C3=O)c2)CC1. The highest BCUT2D eigenvalue weighted by atomic mass is 16.6. The van der Waals surface area contributed by atoms with Crippen molar-refractivity contribution in [2.45, 2.75) is 6.92 Å². The number of carbonyl (C=O) groups excluding carboxylic acids is 6. The number of imide groups is 2. The summed E-state index contributed by atoms with van der Waals surface area (Å²) < 4.78 is 0. The van der Waals surface area contributed by atoms with Crippen LogP contribution in [0.1, 0.15) is 69.1 Å². The molecule has 15 nitrogen and oxygen atoms in total. The Labute approximate surface area is 325 Å². The minimum Gasteiger partial charge on any atom is -0.351 e. The van der Waals surface area contributed by atoms with Gasteiger partial charge in [-0.1, -0.05) is 43.3 Å². The zero-order valence-corrected chi connectivity index (χ0v) is 30.9. The van der Waals surface area contributed by atoms with Gasteiger partial charge in [-0.3, -0.25) is 43.8 Å². The molecule has 0 saturated carbocycles. The maximum atomic E-state index is 14.1. The summed E-state index contributed by atoms with van der Waals surface area (Å²) in [6.45, 7) is 5.84. The lowest BCUT2D eigenvalue weighted by molar-refractivity contribution is -0.384. The molecular formula is C42H37N7O8. The second-order valence-corrected chi connectivity index (χ2v) is 14.1. The number of anilines is 1. The van der Waals surface area contributed by atoms with Crippen LogP contribution in [0.3, 0.4) is 0 Å². The standard InChI is InChI=1S/C42H37N7O8/c1-2-45-16-18-46(19-17-45)38(51)28-20-27(22-29(23-28)48-41(54)33-11-5-8-26-21-30(49(56)57)24-34(36(26)33)42(48)55)37(50)44-13-12-43-14-15-47-39(52)31-9-3-6-25-7-4-10-32(35(25)31)40(47)53/h3-11,20-24,43H,2,12-19H2,1H3,(H,44,50). The summed E-state index contributed by atoms with van der Waals surface area (Å²) >= 11 is 0. The van der Waals surface area contributed by atoms with E-state index in [0.717, 1.165) is 22.9 Å². The molecule has 3 aliphatic heterocycles. The lowest BCUT2D eigenvalue weighted by Crippen LogP contribution is -2.48. The van der Waals surface area contributed by atoms with E-state index in [4.69, 9.17) is 0 Å². The number of non-ortho nitro benzene ring substituents is 1. The summed E-state index contributed by atoms with van der Waals surface area (Å²) in [5.74, 6) is -3.23. The number of hydrogen-bond acceptors (Lipinski definition) is 10. The molecule has 0 aliphatic carbocycles. The number of rotatable bonds is 11. The van der Waals surface area contributed by atoms with Gasteiger partial charge >= 0.3 is 0 Å². The van der Waals surface area contributed by atoms with Gasteiger partial charge in [-0.15, -0.1) is 0 Å². The number of amides is 6. The van der Waals surface area contributed by atoms with Crippen LogP contribution in [0.4, 0.5) is 11.4 Å². The number of benzene rings is 5. The Morgan fingerprint density at radius 3 is 1.93 bits per heavy atom. The first kappa shape index (κ1) is 37.1. The molecule has 0 atom stereocenters. The van der Waals surface area contributed by atoms with E-state index in [2.05, 4.69) is 15.5 Å². The van der Waals surface area contributed by atoms with Crippen molar-refractivity contribution in [1.82, 2.24) is 25.3 Å². The maximum absolute atomic E-state index is 14.1. The van der Waals surface area contributed by atoms with Crippen LogP contribution in [0, 0.1) is 10.1 Å². The zero-order chi connectivity index (χ0) is 40.0. The molecule has 288 valence electrons. The van der Waals surface area contributed by atoms with Gasteiger partial charge in [0.2, 0.25) is 0 Å². The lowest BCUT2D eigenvalue weighted by Gasteiger charge is -2.34. The third-order valence-corrected chi connectivity index (χ3v) is 10.8. The maximum Gasteiger partial charge on any atom is 0.270 e. The van der Waals surface area contributed by atoms with Gasteiger partial charge in [0.15, 0.2) is 0 Å². The van der Waals surface area contributed by atoms with Crippen molar-refractivity contribution >= 4 is 68.4 Å². The van der Waals surface area contributed by atoms with Gasteiger partial charge in [0.05, 0.1) is 16.2 Å². The molecule has 6 amide bonds. The fourth-order valence-corrected chi connectivity index (χ4v) is 7.84. The van der Waals surface area contributed by atoms with E-state index >= 15 is 0 Å². The van der Waals surface area contributed by atoms with Gasteiger partial charge in [0.25, 0.3) is 41.1 Å². The Hall–Kier alpha value is -6.84. The van der Waals surface area contributed by atoms with Crippen molar-refractivity contribution in [2.24, 2.45) is 0 Å². The number of nitrogens with one attached hydrogen (secondary N) is 2. The van der Waals surface area contributed by atoms with Crippen LogP contribution in [0.5, 0.6) is 0 Å². The van der Waals surface area contributed by atoms with E-state index in [1.54, 1.807) is 41.3 Å². The average Bonchev–Trinajstić information content (AvgIpc) is 3.23. The lowest BCUT2D eigenvalue weighted by atomic mass is 9.92. The van der Waals surface area contributed by atoms with Crippen molar-refractivity contribution in [3.8, 4) is 0 Å². The Morgan fingerprint density at radius 2 is 1.28 bits per heavy atom. The Kier molecular flexibility index (Phi) is 9.77. The number of piperazine rings is 1. The van der Waals surface area contributed by atoms with Gasteiger partial charge in [-0.25, -0.2) is 4.90 Å². The number of hydrogen-bond donors (Lipinski definition) is 2. The third kappa shape index (κ3) is 6.66. The van der Waals surface area contributed by atoms with Crippen LogP contribution in [-0.2, 0) is 0 Å².